The number of aromatic nitrogens is 2. The Kier molecular flexibility index (Phi) is 5.43. The molecule has 0 aliphatic carbocycles. The van der Waals surface area contributed by atoms with Gasteiger partial charge in [-0.3, -0.25) is 19.4 Å². The molecule has 4 rings (SSSR count). The third-order valence-corrected chi connectivity index (χ3v) is 5.69. The number of methoxy groups -OCH3 is 1. The molecule has 0 bridgehead atoms. The van der Waals surface area contributed by atoms with Gasteiger partial charge >= 0.3 is 0 Å². The van der Waals surface area contributed by atoms with Crippen LogP contribution in [0.5, 0.6) is 5.75 Å². The maximum atomic E-state index is 12.9. The largest absolute Gasteiger partial charge is 0.497 e. The van der Waals surface area contributed by atoms with Crippen LogP contribution in [0.1, 0.15) is 44.1 Å². The van der Waals surface area contributed by atoms with Gasteiger partial charge in [-0.15, -0.1) is 0 Å². The number of fused-ring (bicyclic) bond motifs is 1. The van der Waals surface area contributed by atoms with Crippen LogP contribution in [0, 0.1) is 0 Å². The molecule has 2 aliphatic heterocycles. The molecule has 0 radical (unpaired) electrons. The van der Waals surface area contributed by atoms with Crippen molar-refractivity contribution in [3.63, 3.8) is 0 Å². The van der Waals surface area contributed by atoms with Gasteiger partial charge in [-0.2, -0.15) is 4.98 Å². The summed E-state index contributed by atoms with van der Waals surface area (Å²) in [5.74, 6) is -0.425. The highest BCUT2D eigenvalue weighted by Gasteiger charge is 2.35. The summed E-state index contributed by atoms with van der Waals surface area (Å²) in [4.78, 5) is 47.5. The van der Waals surface area contributed by atoms with Gasteiger partial charge in [0.2, 0.25) is 17.8 Å². The molecule has 158 valence electrons. The average molecular weight is 411 g/mol. The molecular weight excluding hydrogens is 386 g/mol. The first-order valence-corrected chi connectivity index (χ1v) is 10.1. The zero-order valence-electron chi connectivity index (χ0n) is 17.0. The molecule has 30 heavy (non-hydrogen) atoms. The van der Waals surface area contributed by atoms with Gasteiger partial charge in [0.05, 0.1) is 18.6 Å². The fourth-order valence-corrected chi connectivity index (χ4v) is 4.04. The second-order valence-electron chi connectivity index (χ2n) is 7.71. The van der Waals surface area contributed by atoms with Crippen molar-refractivity contribution < 1.29 is 14.3 Å². The Morgan fingerprint density at radius 2 is 2.00 bits per heavy atom. The number of nitrogens with zero attached hydrogens (tertiary/aromatic N) is 2. The van der Waals surface area contributed by atoms with Gasteiger partial charge in [0, 0.05) is 24.7 Å². The SMILES string of the molecule is COc1ccc(NC(=O)[C@@H]2CC(=O)Nc3nc(N4CCCC[C@@H]4C)[nH]c(=O)c32)cc1. The fourth-order valence-electron chi connectivity index (χ4n) is 4.04. The highest BCUT2D eigenvalue weighted by Crippen LogP contribution is 2.31. The van der Waals surface area contributed by atoms with E-state index in [4.69, 9.17) is 4.74 Å². The summed E-state index contributed by atoms with van der Waals surface area (Å²) in [6, 6.07) is 7.08. The van der Waals surface area contributed by atoms with Crippen LogP contribution in [0.2, 0.25) is 0 Å². The number of hydrogen-bond acceptors (Lipinski definition) is 6. The number of anilines is 3. The van der Waals surface area contributed by atoms with E-state index >= 15 is 0 Å². The summed E-state index contributed by atoms with van der Waals surface area (Å²) in [6.07, 6.45) is 3.06. The van der Waals surface area contributed by atoms with Gasteiger partial charge < -0.3 is 20.3 Å². The van der Waals surface area contributed by atoms with Gasteiger partial charge in [0.25, 0.3) is 5.56 Å². The number of amides is 2. The van der Waals surface area contributed by atoms with Crippen LogP contribution in [0.25, 0.3) is 0 Å². The molecule has 3 N–H and O–H groups in total. The normalized spacial score (nSPS) is 20.9. The molecule has 1 fully saturated rings. The summed E-state index contributed by atoms with van der Waals surface area (Å²) >= 11 is 0. The van der Waals surface area contributed by atoms with Crippen molar-refractivity contribution in [1.29, 1.82) is 0 Å². The van der Waals surface area contributed by atoms with Crippen LogP contribution in [-0.4, -0.2) is 41.5 Å². The summed E-state index contributed by atoms with van der Waals surface area (Å²) in [5, 5.41) is 5.44. The third-order valence-electron chi connectivity index (χ3n) is 5.69. The summed E-state index contributed by atoms with van der Waals surface area (Å²) in [7, 11) is 1.56. The highest BCUT2D eigenvalue weighted by molar-refractivity contribution is 6.04. The van der Waals surface area contributed by atoms with Crippen molar-refractivity contribution in [3.05, 3.63) is 40.2 Å². The van der Waals surface area contributed by atoms with E-state index in [1.807, 2.05) is 4.90 Å². The van der Waals surface area contributed by atoms with Crippen LogP contribution in [0.15, 0.2) is 29.1 Å². The zero-order valence-corrected chi connectivity index (χ0v) is 17.0. The van der Waals surface area contributed by atoms with Crippen LogP contribution in [0.4, 0.5) is 17.5 Å². The number of benzene rings is 1. The van der Waals surface area contributed by atoms with Crippen molar-refractivity contribution in [1.82, 2.24) is 9.97 Å². The first-order chi connectivity index (χ1) is 14.5. The lowest BCUT2D eigenvalue weighted by Gasteiger charge is -2.34. The number of hydrogen-bond donors (Lipinski definition) is 3. The molecule has 9 nitrogen and oxygen atoms in total. The Labute approximate surface area is 173 Å². The molecule has 9 heteroatoms. The van der Waals surface area contributed by atoms with E-state index in [9.17, 15) is 14.4 Å². The first kappa shape index (κ1) is 19.9. The van der Waals surface area contributed by atoms with E-state index in [1.165, 1.54) is 0 Å². The van der Waals surface area contributed by atoms with Crippen molar-refractivity contribution in [2.45, 2.75) is 44.6 Å². The quantitative estimate of drug-likeness (QED) is 0.710. The molecule has 2 aliphatic rings. The van der Waals surface area contributed by atoms with Crippen molar-refractivity contribution in [3.8, 4) is 5.75 Å². The topological polar surface area (TPSA) is 116 Å². The number of rotatable bonds is 4. The minimum atomic E-state index is -0.917. The molecule has 2 amide bonds. The number of carbonyl (C=O) groups excluding carboxylic acids is 2. The van der Waals surface area contributed by atoms with Crippen molar-refractivity contribution in [2.24, 2.45) is 0 Å². The Bertz CT molecular complexity index is 1020. The summed E-state index contributed by atoms with van der Waals surface area (Å²) in [5.41, 5.74) is 0.341. The standard InChI is InChI=1S/C21H25N5O4/c1-12-5-3-4-10-26(12)21-24-18-17(20(29)25-21)15(11-16(27)23-18)19(28)22-13-6-8-14(30-2)9-7-13/h6-9,12,15H,3-5,10-11H2,1-2H3,(H,22,28)(H2,23,24,25,27,29)/t12-,15+/m0/s1. The molecule has 0 spiro atoms. The highest BCUT2D eigenvalue weighted by atomic mass is 16.5. The van der Waals surface area contributed by atoms with Gasteiger partial charge in [-0.1, -0.05) is 0 Å². The minimum absolute atomic E-state index is 0.112. The molecule has 0 saturated carbocycles. The van der Waals surface area contributed by atoms with E-state index in [1.54, 1.807) is 31.4 Å². The second-order valence-corrected chi connectivity index (χ2v) is 7.71. The Morgan fingerprint density at radius 3 is 2.70 bits per heavy atom. The second kappa shape index (κ2) is 8.17. The molecule has 1 aromatic carbocycles. The van der Waals surface area contributed by atoms with Crippen molar-refractivity contribution >= 4 is 29.3 Å². The van der Waals surface area contributed by atoms with E-state index in [2.05, 4.69) is 27.5 Å². The fraction of sp³-hybridized carbons (Fsp3) is 0.429. The van der Waals surface area contributed by atoms with Gasteiger partial charge in [0.1, 0.15) is 11.6 Å². The van der Waals surface area contributed by atoms with Crippen LogP contribution >= 0.6 is 0 Å². The number of piperidine rings is 1. The summed E-state index contributed by atoms with van der Waals surface area (Å²) in [6.45, 7) is 2.88. The van der Waals surface area contributed by atoms with Crippen molar-refractivity contribution in [2.75, 3.05) is 29.2 Å². The predicted molar refractivity (Wildman–Crippen MR) is 113 cm³/mol. The molecule has 0 unspecified atom stereocenters. The Hall–Kier alpha value is -3.36. The van der Waals surface area contributed by atoms with Crippen LogP contribution in [-0.2, 0) is 9.59 Å². The molecular formula is C21H25N5O4. The van der Waals surface area contributed by atoms with E-state index in [0.717, 1.165) is 25.8 Å². The first-order valence-electron chi connectivity index (χ1n) is 10.1. The molecule has 2 aromatic rings. The third kappa shape index (κ3) is 3.87. The molecule has 2 atom stereocenters. The Balaban J connectivity index is 1.63. The molecule has 3 heterocycles. The number of H-pyrrole nitrogens is 1. The summed E-state index contributed by atoms with van der Waals surface area (Å²) < 4.78 is 5.11. The number of aromatic amines is 1. The van der Waals surface area contributed by atoms with E-state index in [-0.39, 0.29) is 29.8 Å². The molecule has 1 saturated heterocycles. The number of carbonyl (C=O) groups is 2. The lowest BCUT2D eigenvalue weighted by molar-refractivity contribution is -0.123. The number of nitrogens with one attached hydrogen (secondary N) is 3. The lowest BCUT2D eigenvalue weighted by Crippen LogP contribution is -2.41. The zero-order chi connectivity index (χ0) is 21.3. The average Bonchev–Trinajstić information content (AvgIpc) is 2.73. The monoisotopic (exact) mass is 411 g/mol. The van der Waals surface area contributed by atoms with Gasteiger partial charge in [-0.05, 0) is 50.5 Å². The maximum Gasteiger partial charge on any atom is 0.258 e. The van der Waals surface area contributed by atoms with E-state index < -0.39 is 17.4 Å². The lowest BCUT2D eigenvalue weighted by atomic mass is 9.92. The van der Waals surface area contributed by atoms with E-state index in [0.29, 0.717) is 17.4 Å². The predicted octanol–water partition coefficient (Wildman–Crippen LogP) is 2.22. The smallest absolute Gasteiger partial charge is 0.258 e. The van der Waals surface area contributed by atoms with Gasteiger partial charge in [-0.25, -0.2) is 0 Å². The minimum Gasteiger partial charge on any atom is -0.497 e. The Morgan fingerprint density at radius 1 is 1.23 bits per heavy atom. The van der Waals surface area contributed by atoms with Crippen LogP contribution < -0.4 is 25.8 Å². The molecule has 1 aromatic heterocycles. The van der Waals surface area contributed by atoms with Gasteiger partial charge in [0.15, 0.2) is 0 Å². The number of ether oxygens (including phenoxy) is 1. The maximum absolute atomic E-state index is 12.9. The van der Waals surface area contributed by atoms with Crippen LogP contribution in [0.3, 0.4) is 0 Å².